The molecule has 0 saturated heterocycles. The number of aliphatic hydroxyl groups excluding tert-OH is 1. The number of aliphatic hydroxyl groups is 1. The topological polar surface area (TPSA) is 100 Å². The van der Waals surface area contributed by atoms with E-state index >= 15 is 0 Å². The number of allylic oxidation sites excluding steroid dienone is 1. The highest BCUT2D eigenvalue weighted by Crippen LogP contribution is 2.39. The molecule has 1 aliphatic rings. The molecule has 158 valence electrons. The van der Waals surface area contributed by atoms with Gasteiger partial charge in [-0.2, -0.15) is 5.11 Å². The van der Waals surface area contributed by atoms with Crippen molar-refractivity contribution < 1.29 is 19.4 Å². The maximum Gasteiger partial charge on any atom is 0.341 e. The Morgan fingerprint density at radius 3 is 2.60 bits per heavy atom. The summed E-state index contributed by atoms with van der Waals surface area (Å²) in [6, 6.07) is 6.57. The number of nitrogens with zero attached hydrogens (tertiary/aromatic N) is 2. The Balaban J connectivity index is 1.87. The molecule has 0 atom stereocenters. The monoisotopic (exact) mass is 447 g/mol. The van der Waals surface area contributed by atoms with Gasteiger partial charge in [0.1, 0.15) is 10.8 Å². The van der Waals surface area contributed by atoms with Crippen LogP contribution in [-0.4, -0.2) is 23.6 Å². The number of amides is 1. The first kappa shape index (κ1) is 22.0. The number of rotatable bonds is 6. The number of carbonyl (C=O) groups excluding carboxylic acids is 2. The van der Waals surface area contributed by atoms with Crippen LogP contribution in [0.3, 0.4) is 0 Å². The number of halogens is 1. The van der Waals surface area contributed by atoms with Crippen LogP contribution in [0.2, 0.25) is 5.02 Å². The standard InChI is InChI=1S/C21H22ClN3O4S/c1-3-29-21(28)17-15-6-4-5-7-16(15)30-20(17)23-19(27)18(12(2)26)25-24-14-10-8-13(22)9-11-14/h8-11,26H,3-7H2,1-2H3,(H,23,27)/b18-12+,25-24?. The highest BCUT2D eigenvalue weighted by Gasteiger charge is 2.28. The minimum Gasteiger partial charge on any atom is -0.510 e. The van der Waals surface area contributed by atoms with Crippen LogP contribution in [0.25, 0.3) is 0 Å². The lowest BCUT2D eigenvalue weighted by atomic mass is 9.95. The van der Waals surface area contributed by atoms with Gasteiger partial charge in [-0.15, -0.1) is 16.5 Å². The molecule has 2 aromatic rings. The molecule has 0 bridgehead atoms. The Morgan fingerprint density at radius 1 is 1.23 bits per heavy atom. The number of ether oxygens (including phenoxy) is 1. The fourth-order valence-electron chi connectivity index (χ4n) is 3.13. The number of benzene rings is 1. The molecule has 0 radical (unpaired) electrons. The first-order valence-corrected chi connectivity index (χ1v) is 10.8. The molecule has 1 aromatic heterocycles. The average Bonchev–Trinajstić information content (AvgIpc) is 3.07. The van der Waals surface area contributed by atoms with Gasteiger partial charge in [0.05, 0.1) is 17.9 Å². The van der Waals surface area contributed by atoms with E-state index in [9.17, 15) is 14.7 Å². The number of aryl methyl sites for hydroxylation is 1. The van der Waals surface area contributed by atoms with Crippen molar-refractivity contribution in [3.63, 3.8) is 0 Å². The predicted octanol–water partition coefficient (Wildman–Crippen LogP) is 5.97. The number of hydrogen-bond donors (Lipinski definition) is 2. The Labute approximate surface area is 183 Å². The van der Waals surface area contributed by atoms with Crippen LogP contribution in [-0.2, 0) is 22.4 Å². The van der Waals surface area contributed by atoms with E-state index in [-0.39, 0.29) is 18.1 Å². The van der Waals surface area contributed by atoms with E-state index in [0.717, 1.165) is 36.1 Å². The van der Waals surface area contributed by atoms with Crippen molar-refractivity contribution in [3.05, 3.63) is 56.7 Å². The summed E-state index contributed by atoms with van der Waals surface area (Å²) in [5, 5.41) is 21.5. The molecule has 7 nitrogen and oxygen atoms in total. The zero-order valence-corrected chi connectivity index (χ0v) is 18.3. The number of anilines is 1. The maximum atomic E-state index is 12.8. The van der Waals surface area contributed by atoms with Gasteiger partial charge in [0.25, 0.3) is 5.91 Å². The summed E-state index contributed by atoms with van der Waals surface area (Å²) in [6.45, 7) is 3.33. The van der Waals surface area contributed by atoms with Crippen LogP contribution in [0.15, 0.2) is 46.0 Å². The van der Waals surface area contributed by atoms with Crippen molar-refractivity contribution in [2.75, 3.05) is 11.9 Å². The molecule has 0 saturated carbocycles. The van der Waals surface area contributed by atoms with Crippen molar-refractivity contribution >= 4 is 45.5 Å². The van der Waals surface area contributed by atoms with Gasteiger partial charge in [-0.3, -0.25) is 4.79 Å². The lowest BCUT2D eigenvalue weighted by molar-refractivity contribution is -0.113. The molecule has 30 heavy (non-hydrogen) atoms. The summed E-state index contributed by atoms with van der Waals surface area (Å²) in [4.78, 5) is 26.4. The number of nitrogens with one attached hydrogen (secondary N) is 1. The third-order valence-corrected chi connectivity index (χ3v) is 5.99. The van der Waals surface area contributed by atoms with Crippen molar-refractivity contribution in [2.24, 2.45) is 10.2 Å². The van der Waals surface area contributed by atoms with E-state index in [2.05, 4.69) is 15.5 Å². The summed E-state index contributed by atoms with van der Waals surface area (Å²) in [5.74, 6) is -1.40. The molecule has 0 spiro atoms. The first-order chi connectivity index (χ1) is 14.4. The molecule has 0 fully saturated rings. The van der Waals surface area contributed by atoms with Crippen LogP contribution in [0.1, 0.15) is 47.5 Å². The lowest BCUT2D eigenvalue weighted by Gasteiger charge is -2.12. The molecule has 2 N–H and O–H groups in total. The Hall–Kier alpha value is -2.71. The SMILES string of the molecule is CCOC(=O)c1c(NC(=O)/C(N=Nc2ccc(Cl)cc2)=C(/C)O)sc2c1CCCC2. The number of hydrogen-bond acceptors (Lipinski definition) is 7. The smallest absolute Gasteiger partial charge is 0.341 e. The van der Waals surface area contributed by atoms with E-state index in [4.69, 9.17) is 16.3 Å². The average molecular weight is 448 g/mol. The predicted molar refractivity (Wildman–Crippen MR) is 117 cm³/mol. The zero-order chi connectivity index (χ0) is 21.7. The van der Waals surface area contributed by atoms with Crippen LogP contribution in [0.4, 0.5) is 10.7 Å². The van der Waals surface area contributed by atoms with Gasteiger partial charge in [-0.1, -0.05) is 11.6 Å². The van der Waals surface area contributed by atoms with Crippen molar-refractivity contribution in [3.8, 4) is 0 Å². The third kappa shape index (κ3) is 5.06. The number of azo groups is 1. The molecular weight excluding hydrogens is 426 g/mol. The molecular formula is C21H22ClN3O4S. The summed E-state index contributed by atoms with van der Waals surface area (Å²) < 4.78 is 5.20. The second-order valence-corrected chi connectivity index (χ2v) is 8.24. The van der Waals surface area contributed by atoms with E-state index in [0.29, 0.717) is 21.3 Å². The number of thiophene rings is 1. The Kier molecular flexibility index (Phi) is 7.23. The van der Waals surface area contributed by atoms with Crippen molar-refractivity contribution in [1.29, 1.82) is 0 Å². The van der Waals surface area contributed by atoms with Crippen LogP contribution in [0.5, 0.6) is 0 Å². The quantitative estimate of drug-likeness (QED) is 0.246. The van der Waals surface area contributed by atoms with E-state index in [1.807, 2.05) is 0 Å². The van der Waals surface area contributed by atoms with Gasteiger partial charge in [0.15, 0.2) is 5.70 Å². The van der Waals surface area contributed by atoms with E-state index < -0.39 is 11.9 Å². The van der Waals surface area contributed by atoms with Gasteiger partial charge < -0.3 is 15.2 Å². The lowest BCUT2D eigenvalue weighted by Crippen LogP contribution is -2.17. The second-order valence-electron chi connectivity index (χ2n) is 6.70. The molecule has 0 aliphatic heterocycles. The minimum absolute atomic E-state index is 0.243. The summed E-state index contributed by atoms with van der Waals surface area (Å²) >= 11 is 7.21. The molecule has 3 rings (SSSR count). The van der Waals surface area contributed by atoms with Gasteiger partial charge in [-0.05, 0) is 69.4 Å². The van der Waals surface area contributed by atoms with Gasteiger partial charge in [-0.25, -0.2) is 4.79 Å². The maximum absolute atomic E-state index is 12.8. The van der Waals surface area contributed by atoms with Crippen LogP contribution < -0.4 is 5.32 Å². The van der Waals surface area contributed by atoms with Gasteiger partial charge in [0, 0.05) is 9.90 Å². The molecule has 9 heteroatoms. The highest BCUT2D eigenvalue weighted by atomic mass is 35.5. The summed E-state index contributed by atoms with van der Waals surface area (Å²) in [6.07, 6.45) is 3.66. The van der Waals surface area contributed by atoms with E-state index in [1.54, 1.807) is 31.2 Å². The van der Waals surface area contributed by atoms with Crippen LogP contribution >= 0.6 is 22.9 Å². The third-order valence-electron chi connectivity index (χ3n) is 4.53. The highest BCUT2D eigenvalue weighted by molar-refractivity contribution is 7.17. The summed E-state index contributed by atoms with van der Waals surface area (Å²) in [5.41, 5.74) is 1.57. The van der Waals surface area contributed by atoms with E-state index in [1.165, 1.54) is 18.3 Å². The fourth-order valence-corrected chi connectivity index (χ4v) is 4.53. The Morgan fingerprint density at radius 2 is 1.93 bits per heavy atom. The second kappa shape index (κ2) is 9.86. The molecule has 1 heterocycles. The van der Waals surface area contributed by atoms with Gasteiger partial charge >= 0.3 is 5.97 Å². The van der Waals surface area contributed by atoms with Crippen molar-refractivity contribution in [2.45, 2.75) is 39.5 Å². The minimum atomic E-state index is -0.656. The largest absolute Gasteiger partial charge is 0.510 e. The zero-order valence-electron chi connectivity index (χ0n) is 16.7. The van der Waals surface area contributed by atoms with Crippen LogP contribution in [0, 0.1) is 0 Å². The molecule has 0 unspecified atom stereocenters. The van der Waals surface area contributed by atoms with Gasteiger partial charge in [0.2, 0.25) is 0 Å². The molecule has 1 aliphatic carbocycles. The number of esters is 1. The number of carbonyl (C=O) groups is 2. The number of fused-ring (bicyclic) bond motifs is 1. The normalized spacial score (nSPS) is 14.2. The first-order valence-electron chi connectivity index (χ1n) is 9.60. The fraction of sp³-hybridized carbons (Fsp3) is 0.333. The van der Waals surface area contributed by atoms with Crippen molar-refractivity contribution in [1.82, 2.24) is 0 Å². The summed E-state index contributed by atoms with van der Waals surface area (Å²) in [7, 11) is 0. The molecule has 1 amide bonds. The Bertz CT molecular complexity index is 1010. The molecule has 1 aromatic carbocycles.